The first-order valence-electron chi connectivity index (χ1n) is 6.73. The molecule has 0 bridgehead atoms. The van der Waals surface area contributed by atoms with Crippen LogP contribution in [0.3, 0.4) is 0 Å². The highest BCUT2D eigenvalue weighted by molar-refractivity contribution is 5.89. The molecule has 1 fully saturated rings. The van der Waals surface area contributed by atoms with Gasteiger partial charge in [-0.2, -0.15) is 0 Å². The topological polar surface area (TPSA) is 74.2 Å². The van der Waals surface area contributed by atoms with Crippen molar-refractivity contribution < 1.29 is 28.8 Å². The molecule has 0 unspecified atom stereocenters. The van der Waals surface area contributed by atoms with Gasteiger partial charge in [0.25, 0.3) is 0 Å². The minimum Gasteiger partial charge on any atom is -0.453 e. The molecule has 1 aromatic carbocycles. The van der Waals surface area contributed by atoms with Gasteiger partial charge in [0.05, 0.1) is 11.7 Å². The van der Waals surface area contributed by atoms with E-state index in [0.717, 1.165) is 0 Å². The Bertz CT molecular complexity index is 462. The van der Waals surface area contributed by atoms with Gasteiger partial charge in [-0.25, -0.2) is 4.79 Å². The molecule has 116 valence electrons. The number of rotatable bonds is 4. The lowest BCUT2D eigenvalue weighted by Crippen LogP contribution is -2.59. The van der Waals surface area contributed by atoms with Gasteiger partial charge in [-0.05, 0) is 19.1 Å². The summed E-state index contributed by atoms with van der Waals surface area (Å²) in [7, 11) is 2.92. The first kappa shape index (κ1) is 15.9. The molecule has 0 aliphatic carbocycles. The van der Waals surface area contributed by atoms with Crippen LogP contribution in [0.25, 0.3) is 0 Å². The maximum atomic E-state index is 12.2. The third-order valence-corrected chi connectivity index (χ3v) is 3.54. The Morgan fingerprint density at radius 2 is 1.71 bits per heavy atom. The third kappa shape index (κ3) is 3.41. The molecule has 21 heavy (non-hydrogen) atoms. The van der Waals surface area contributed by atoms with E-state index >= 15 is 0 Å². The highest BCUT2D eigenvalue weighted by atomic mass is 16.7. The number of ether oxygens (including phenoxy) is 4. The molecule has 0 amide bonds. The molecule has 2 rings (SSSR count). The smallest absolute Gasteiger partial charge is 0.338 e. The van der Waals surface area contributed by atoms with Crippen LogP contribution >= 0.6 is 0 Å². The Balaban J connectivity index is 2.14. The summed E-state index contributed by atoms with van der Waals surface area (Å²) in [6, 6.07) is 8.67. The number of hydrogen-bond donors (Lipinski definition) is 1. The van der Waals surface area contributed by atoms with Gasteiger partial charge in [0.2, 0.25) is 0 Å². The molecule has 1 aliphatic heterocycles. The van der Waals surface area contributed by atoms with Gasteiger partial charge in [0.1, 0.15) is 12.2 Å². The molecule has 6 nitrogen and oxygen atoms in total. The van der Waals surface area contributed by atoms with E-state index in [9.17, 15) is 9.90 Å². The van der Waals surface area contributed by atoms with Crippen LogP contribution in [0.15, 0.2) is 30.3 Å². The van der Waals surface area contributed by atoms with Crippen LogP contribution in [-0.2, 0) is 18.9 Å². The Hall–Kier alpha value is -1.47. The summed E-state index contributed by atoms with van der Waals surface area (Å²) in [4.78, 5) is 12.2. The van der Waals surface area contributed by atoms with Crippen LogP contribution < -0.4 is 0 Å². The zero-order valence-corrected chi connectivity index (χ0v) is 12.3. The van der Waals surface area contributed by atoms with E-state index < -0.39 is 36.7 Å². The SMILES string of the molecule is CO[C@H]1[C@@H](OC(=O)c2ccccc2)[C@@H](C)O[C@H](O)[C@@H]1OC. The van der Waals surface area contributed by atoms with Crippen molar-refractivity contribution in [1.82, 2.24) is 0 Å². The maximum absolute atomic E-state index is 12.2. The zero-order valence-electron chi connectivity index (χ0n) is 12.3. The first-order valence-corrected chi connectivity index (χ1v) is 6.73. The summed E-state index contributed by atoms with van der Waals surface area (Å²) in [5, 5.41) is 9.84. The lowest BCUT2D eigenvalue weighted by molar-refractivity contribution is -0.286. The van der Waals surface area contributed by atoms with Crippen molar-refractivity contribution in [3.05, 3.63) is 35.9 Å². The molecule has 0 spiro atoms. The van der Waals surface area contributed by atoms with Crippen molar-refractivity contribution in [3.63, 3.8) is 0 Å². The summed E-state index contributed by atoms with van der Waals surface area (Å²) in [6.45, 7) is 1.71. The predicted octanol–water partition coefficient (Wildman–Crippen LogP) is 0.979. The van der Waals surface area contributed by atoms with Gasteiger partial charge in [-0.15, -0.1) is 0 Å². The highest BCUT2D eigenvalue weighted by Crippen LogP contribution is 2.26. The van der Waals surface area contributed by atoms with Crippen LogP contribution in [0.1, 0.15) is 17.3 Å². The Labute approximate surface area is 123 Å². The number of aliphatic hydroxyl groups is 1. The molecule has 6 heteroatoms. The van der Waals surface area contributed by atoms with Gasteiger partial charge in [0.15, 0.2) is 12.4 Å². The van der Waals surface area contributed by atoms with E-state index in [4.69, 9.17) is 18.9 Å². The summed E-state index contributed by atoms with van der Waals surface area (Å²) in [5.74, 6) is -0.468. The fraction of sp³-hybridized carbons (Fsp3) is 0.533. The van der Waals surface area contributed by atoms with Crippen molar-refractivity contribution in [2.24, 2.45) is 0 Å². The average molecular weight is 296 g/mol. The summed E-state index contributed by atoms with van der Waals surface area (Å²) in [6.07, 6.45) is -3.64. The monoisotopic (exact) mass is 296 g/mol. The second kappa shape index (κ2) is 7.00. The standard InChI is InChI=1S/C15H20O6/c1-9-11(12(18-2)13(19-3)15(17)20-9)21-14(16)10-7-5-4-6-8-10/h4-9,11-13,15,17H,1-3H3/t9-,11+,12+,13-,15+/m1/s1. The van der Waals surface area contributed by atoms with Crippen LogP contribution in [-0.4, -0.2) is 56.0 Å². The Kier molecular flexibility index (Phi) is 5.30. The summed E-state index contributed by atoms with van der Waals surface area (Å²) >= 11 is 0. The van der Waals surface area contributed by atoms with E-state index in [2.05, 4.69) is 0 Å². The molecule has 0 radical (unpaired) electrons. The molecule has 1 aliphatic rings. The van der Waals surface area contributed by atoms with Crippen molar-refractivity contribution in [2.45, 2.75) is 37.6 Å². The number of carbonyl (C=O) groups is 1. The van der Waals surface area contributed by atoms with E-state index in [1.165, 1.54) is 14.2 Å². The molecule has 1 heterocycles. The van der Waals surface area contributed by atoms with Gasteiger partial charge >= 0.3 is 5.97 Å². The van der Waals surface area contributed by atoms with E-state index in [-0.39, 0.29) is 0 Å². The van der Waals surface area contributed by atoms with E-state index in [1.54, 1.807) is 31.2 Å². The second-order valence-corrected chi connectivity index (χ2v) is 4.87. The minimum atomic E-state index is -1.12. The van der Waals surface area contributed by atoms with Gasteiger partial charge in [-0.1, -0.05) is 18.2 Å². The van der Waals surface area contributed by atoms with E-state index in [0.29, 0.717) is 5.56 Å². The summed E-state index contributed by atoms with van der Waals surface area (Å²) in [5.41, 5.74) is 0.444. The van der Waals surface area contributed by atoms with Crippen LogP contribution in [0.2, 0.25) is 0 Å². The second-order valence-electron chi connectivity index (χ2n) is 4.87. The minimum absolute atomic E-state index is 0.444. The molecular formula is C15H20O6. The van der Waals surface area contributed by atoms with E-state index in [1.807, 2.05) is 6.07 Å². The average Bonchev–Trinajstić information content (AvgIpc) is 2.50. The molecular weight excluding hydrogens is 276 g/mol. The fourth-order valence-corrected chi connectivity index (χ4v) is 2.44. The fourth-order valence-electron chi connectivity index (χ4n) is 2.44. The lowest BCUT2D eigenvalue weighted by Gasteiger charge is -2.41. The quantitative estimate of drug-likeness (QED) is 0.835. The molecule has 1 N–H and O–H groups in total. The first-order chi connectivity index (χ1) is 10.1. The molecule has 1 aromatic rings. The van der Waals surface area contributed by atoms with Crippen LogP contribution in [0, 0.1) is 0 Å². The number of carbonyl (C=O) groups excluding carboxylic acids is 1. The van der Waals surface area contributed by atoms with Crippen molar-refractivity contribution in [1.29, 1.82) is 0 Å². The van der Waals surface area contributed by atoms with Gasteiger partial charge < -0.3 is 24.1 Å². The Morgan fingerprint density at radius 3 is 2.29 bits per heavy atom. The number of aliphatic hydroxyl groups excluding tert-OH is 1. The summed E-state index contributed by atoms with van der Waals surface area (Å²) < 4.78 is 21.4. The number of esters is 1. The van der Waals surface area contributed by atoms with Crippen molar-refractivity contribution >= 4 is 5.97 Å². The largest absolute Gasteiger partial charge is 0.453 e. The zero-order chi connectivity index (χ0) is 15.4. The maximum Gasteiger partial charge on any atom is 0.338 e. The normalized spacial score (nSPS) is 32.7. The van der Waals surface area contributed by atoms with Crippen LogP contribution in [0.4, 0.5) is 0 Å². The number of hydrogen-bond acceptors (Lipinski definition) is 6. The van der Waals surface area contributed by atoms with Crippen molar-refractivity contribution in [2.75, 3.05) is 14.2 Å². The number of benzene rings is 1. The van der Waals surface area contributed by atoms with Crippen LogP contribution in [0.5, 0.6) is 0 Å². The number of methoxy groups -OCH3 is 2. The Morgan fingerprint density at radius 1 is 1.10 bits per heavy atom. The molecule has 0 aromatic heterocycles. The van der Waals surface area contributed by atoms with Gasteiger partial charge in [0, 0.05) is 14.2 Å². The molecule has 0 saturated carbocycles. The van der Waals surface area contributed by atoms with Gasteiger partial charge in [-0.3, -0.25) is 0 Å². The van der Waals surface area contributed by atoms with Crippen molar-refractivity contribution in [3.8, 4) is 0 Å². The molecule has 5 atom stereocenters. The lowest BCUT2D eigenvalue weighted by atomic mass is 9.99. The molecule has 1 saturated heterocycles. The third-order valence-electron chi connectivity index (χ3n) is 3.54. The predicted molar refractivity (Wildman–Crippen MR) is 73.8 cm³/mol. The highest BCUT2D eigenvalue weighted by Gasteiger charge is 2.46.